The van der Waals surface area contributed by atoms with Crippen molar-refractivity contribution in [2.24, 2.45) is 5.92 Å². The third kappa shape index (κ3) is 3.04. The summed E-state index contributed by atoms with van der Waals surface area (Å²) in [4.78, 5) is 9.45. The van der Waals surface area contributed by atoms with Gasteiger partial charge in [0.05, 0.1) is 24.7 Å². The predicted molar refractivity (Wildman–Crippen MR) is 106 cm³/mol. The number of nitrogens with one attached hydrogen (secondary N) is 2. The van der Waals surface area contributed by atoms with E-state index in [0.717, 1.165) is 41.7 Å². The third-order valence-electron chi connectivity index (χ3n) is 5.74. The SMILES string of the molecule is COc1cc2ncc(-c3cccc(NC4CNCC4C)n3)n2cc1C1CC1. The number of pyridine rings is 2. The van der Waals surface area contributed by atoms with Gasteiger partial charge in [-0.25, -0.2) is 9.97 Å². The quantitative estimate of drug-likeness (QED) is 0.728. The van der Waals surface area contributed by atoms with Crippen LogP contribution in [-0.2, 0) is 0 Å². The van der Waals surface area contributed by atoms with E-state index in [-0.39, 0.29) is 0 Å². The first-order valence-corrected chi connectivity index (χ1v) is 9.72. The van der Waals surface area contributed by atoms with Gasteiger partial charge in [-0.2, -0.15) is 0 Å². The summed E-state index contributed by atoms with van der Waals surface area (Å²) in [5.74, 6) is 3.06. The fourth-order valence-electron chi connectivity index (χ4n) is 3.94. The molecule has 0 amide bonds. The van der Waals surface area contributed by atoms with E-state index in [2.05, 4.69) is 39.2 Å². The van der Waals surface area contributed by atoms with E-state index < -0.39 is 0 Å². The van der Waals surface area contributed by atoms with Crippen molar-refractivity contribution in [3.05, 3.63) is 42.2 Å². The molecule has 1 saturated heterocycles. The molecule has 27 heavy (non-hydrogen) atoms. The monoisotopic (exact) mass is 363 g/mol. The molecule has 0 bridgehead atoms. The average Bonchev–Trinajstić information content (AvgIpc) is 3.34. The number of rotatable bonds is 5. The number of hydrogen-bond donors (Lipinski definition) is 2. The van der Waals surface area contributed by atoms with Crippen LogP contribution >= 0.6 is 0 Å². The van der Waals surface area contributed by atoms with Crippen molar-refractivity contribution in [2.75, 3.05) is 25.5 Å². The smallest absolute Gasteiger partial charge is 0.140 e. The molecule has 0 aromatic carbocycles. The molecule has 1 aliphatic heterocycles. The molecule has 2 fully saturated rings. The van der Waals surface area contributed by atoms with Crippen LogP contribution in [0.4, 0.5) is 5.82 Å². The van der Waals surface area contributed by atoms with Gasteiger partial charge in [0.2, 0.25) is 0 Å². The summed E-state index contributed by atoms with van der Waals surface area (Å²) in [7, 11) is 1.73. The third-order valence-corrected chi connectivity index (χ3v) is 5.74. The standard InChI is InChI=1S/C21H25N5O/c1-13-9-22-10-17(13)25-20-5-3-4-16(24-20)18-11-23-21-8-19(27-2)15(12-26(18)21)14-6-7-14/h3-5,8,11-14,17,22H,6-7,9-10H2,1-2H3,(H,24,25). The number of methoxy groups -OCH3 is 1. The van der Waals surface area contributed by atoms with Gasteiger partial charge >= 0.3 is 0 Å². The van der Waals surface area contributed by atoms with E-state index in [1.807, 2.05) is 24.4 Å². The van der Waals surface area contributed by atoms with Crippen LogP contribution in [0.1, 0.15) is 31.2 Å². The lowest BCUT2D eigenvalue weighted by Gasteiger charge is -2.17. The molecule has 140 valence electrons. The molecule has 6 heteroatoms. The van der Waals surface area contributed by atoms with Gasteiger partial charge in [-0.05, 0) is 43.4 Å². The first kappa shape index (κ1) is 16.6. The van der Waals surface area contributed by atoms with Crippen LogP contribution < -0.4 is 15.4 Å². The molecule has 2 N–H and O–H groups in total. The summed E-state index contributed by atoms with van der Waals surface area (Å²) in [6.45, 7) is 4.29. The second-order valence-electron chi connectivity index (χ2n) is 7.74. The molecule has 0 spiro atoms. The zero-order chi connectivity index (χ0) is 18.4. The van der Waals surface area contributed by atoms with Gasteiger partial charge < -0.3 is 15.4 Å². The van der Waals surface area contributed by atoms with E-state index in [9.17, 15) is 0 Å². The number of aromatic nitrogens is 3. The lowest BCUT2D eigenvalue weighted by atomic mass is 10.1. The van der Waals surface area contributed by atoms with Crippen LogP contribution in [0, 0.1) is 5.92 Å². The van der Waals surface area contributed by atoms with E-state index >= 15 is 0 Å². The van der Waals surface area contributed by atoms with Crippen LogP contribution in [0.2, 0.25) is 0 Å². The first-order chi connectivity index (χ1) is 13.2. The Hall–Kier alpha value is -2.60. The molecule has 2 aliphatic rings. The van der Waals surface area contributed by atoms with Crippen molar-refractivity contribution in [3.63, 3.8) is 0 Å². The molecular weight excluding hydrogens is 338 g/mol. The van der Waals surface area contributed by atoms with Crippen molar-refractivity contribution in [1.82, 2.24) is 19.7 Å². The Kier molecular flexibility index (Phi) is 4.01. The zero-order valence-electron chi connectivity index (χ0n) is 15.8. The van der Waals surface area contributed by atoms with Crippen LogP contribution in [0.15, 0.2) is 36.7 Å². The maximum Gasteiger partial charge on any atom is 0.140 e. The van der Waals surface area contributed by atoms with Crippen molar-refractivity contribution in [3.8, 4) is 17.1 Å². The second kappa shape index (κ2) is 6.53. The van der Waals surface area contributed by atoms with E-state index in [4.69, 9.17) is 9.72 Å². The van der Waals surface area contributed by atoms with Gasteiger partial charge in [0.25, 0.3) is 0 Å². The first-order valence-electron chi connectivity index (χ1n) is 9.72. The van der Waals surface area contributed by atoms with Gasteiger partial charge in [0, 0.05) is 30.4 Å². The summed E-state index contributed by atoms with van der Waals surface area (Å²) in [5, 5.41) is 7.00. The van der Waals surface area contributed by atoms with Gasteiger partial charge in [-0.1, -0.05) is 13.0 Å². The highest BCUT2D eigenvalue weighted by molar-refractivity contribution is 5.64. The van der Waals surface area contributed by atoms with Gasteiger partial charge in [0.15, 0.2) is 0 Å². The molecule has 6 nitrogen and oxygen atoms in total. The molecule has 3 aromatic rings. The maximum absolute atomic E-state index is 5.59. The molecule has 1 saturated carbocycles. The highest BCUT2D eigenvalue weighted by atomic mass is 16.5. The minimum Gasteiger partial charge on any atom is -0.496 e. The molecule has 5 rings (SSSR count). The summed E-state index contributed by atoms with van der Waals surface area (Å²) >= 11 is 0. The Balaban J connectivity index is 1.51. The van der Waals surface area contributed by atoms with Crippen LogP contribution in [0.25, 0.3) is 17.0 Å². The van der Waals surface area contributed by atoms with Gasteiger partial charge in [-0.15, -0.1) is 0 Å². The van der Waals surface area contributed by atoms with E-state index in [0.29, 0.717) is 17.9 Å². The minimum absolute atomic E-state index is 0.417. The normalized spacial score (nSPS) is 22.3. The number of nitrogens with zero attached hydrogens (tertiary/aromatic N) is 3. The van der Waals surface area contributed by atoms with Gasteiger partial charge in [0.1, 0.15) is 17.2 Å². The highest BCUT2D eigenvalue weighted by Crippen LogP contribution is 2.44. The van der Waals surface area contributed by atoms with Crippen molar-refractivity contribution >= 4 is 11.5 Å². The lowest BCUT2D eigenvalue weighted by Crippen LogP contribution is -2.27. The Labute approximate surface area is 159 Å². The Morgan fingerprint density at radius 1 is 1.26 bits per heavy atom. The highest BCUT2D eigenvalue weighted by Gasteiger charge is 2.28. The van der Waals surface area contributed by atoms with Crippen LogP contribution in [0.5, 0.6) is 5.75 Å². The number of imidazole rings is 1. The Morgan fingerprint density at radius 3 is 2.89 bits per heavy atom. The van der Waals surface area contributed by atoms with Crippen molar-refractivity contribution in [1.29, 1.82) is 0 Å². The molecule has 1 aliphatic carbocycles. The van der Waals surface area contributed by atoms with Crippen LogP contribution in [-0.4, -0.2) is 40.6 Å². The zero-order valence-corrected chi connectivity index (χ0v) is 15.8. The fraction of sp³-hybridized carbons (Fsp3) is 0.429. The topological polar surface area (TPSA) is 63.5 Å². The molecular formula is C21H25N5O. The molecule has 4 heterocycles. The molecule has 0 radical (unpaired) electrons. The Morgan fingerprint density at radius 2 is 2.15 bits per heavy atom. The predicted octanol–water partition coefficient (Wildman–Crippen LogP) is 3.30. The second-order valence-corrected chi connectivity index (χ2v) is 7.74. The Bertz CT molecular complexity index is 978. The maximum atomic E-state index is 5.59. The van der Waals surface area contributed by atoms with Gasteiger partial charge in [-0.3, -0.25) is 4.40 Å². The molecule has 2 atom stereocenters. The van der Waals surface area contributed by atoms with E-state index in [1.165, 1.54) is 18.4 Å². The lowest BCUT2D eigenvalue weighted by molar-refractivity contribution is 0.409. The summed E-state index contributed by atoms with van der Waals surface area (Å²) in [6, 6.07) is 8.59. The average molecular weight is 363 g/mol. The fourth-order valence-corrected chi connectivity index (χ4v) is 3.94. The number of ether oxygens (including phenoxy) is 1. The summed E-state index contributed by atoms with van der Waals surface area (Å²) in [5.41, 5.74) is 4.10. The summed E-state index contributed by atoms with van der Waals surface area (Å²) in [6.07, 6.45) is 6.55. The summed E-state index contributed by atoms with van der Waals surface area (Å²) < 4.78 is 7.73. The van der Waals surface area contributed by atoms with Crippen LogP contribution in [0.3, 0.4) is 0 Å². The molecule has 3 aromatic heterocycles. The number of anilines is 1. The van der Waals surface area contributed by atoms with Crippen molar-refractivity contribution in [2.45, 2.75) is 31.7 Å². The minimum atomic E-state index is 0.417. The number of hydrogen-bond acceptors (Lipinski definition) is 5. The largest absolute Gasteiger partial charge is 0.496 e. The number of fused-ring (bicyclic) bond motifs is 1. The molecule has 2 unspecified atom stereocenters. The van der Waals surface area contributed by atoms with E-state index in [1.54, 1.807) is 7.11 Å². The van der Waals surface area contributed by atoms with Crippen molar-refractivity contribution < 1.29 is 4.74 Å².